The molecule has 2 atom stereocenters. The van der Waals surface area contributed by atoms with Gasteiger partial charge < -0.3 is 9.84 Å². The second-order valence-corrected chi connectivity index (χ2v) is 6.08. The van der Waals surface area contributed by atoms with E-state index in [9.17, 15) is 9.50 Å². The highest BCUT2D eigenvalue weighted by Gasteiger charge is 2.29. The van der Waals surface area contributed by atoms with Gasteiger partial charge in [0.1, 0.15) is 18.0 Å². The predicted octanol–water partition coefficient (Wildman–Crippen LogP) is 3.51. The number of hydrogen-bond donors (Lipinski definition) is 2. The molecule has 0 unspecified atom stereocenters. The number of hydrogen-bond acceptors (Lipinski definition) is 5. The number of alkyl halides is 1. The average molecular weight is 340 g/mol. The molecule has 0 radical (unpaired) electrons. The number of ether oxygens (including phenoxy) is 1. The Bertz CT molecular complexity index is 852. The summed E-state index contributed by atoms with van der Waals surface area (Å²) >= 11 is 0. The number of halogens is 1. The summed E-state index contributed by atoms with van der Waals surface area (Å²) in [6.45, 7) is 0. The van der Waals surface area contributed by atoms with Crippen LogP contribution in [0.1, 0.15) is 19.3 Å². The van der Waals surface area contributed by atoms with Crippen LogP contribution in [0, 0.1) is 0 Å². The number of nitrogens with one attached hydrogen (secondary N) is 1. The first-order valence-corrected chi connectivity index (χ1v) is 8.18. The van der Waals surface area contributed by atoms with E-state index in [1.54, 1.807) is 36.7 Å². The van der Waals surface area contributed by atoms with Gasteiger partial charge in [0.2, 0.25) is 5.88 Å². The van der Waals surface area contributed by atoms with Crippen LogP contribution in [0.4, 0.5) is 4.39 Å². The maximum absolute atomic E-state index is 13.6. The summed E-state index contributed by atoms with van der Waals surface area (Å²) in [6.07, 6.45) is 4.11. The number of aromatic hydroxyl groups is 1. The zero-order valence-corrected chi connectivity index (χ0v) is 13.4. The molecular formula is C18H17FN4O2. The van der Waals surface area contributed by atoms with Crippen LogP contribution in [-0.2, 0) is 0 Å². The third-order valence-electron chi connectivity index (χ3n) is 4.39. The molecule has 1 saturated carbocycles. The number of aromatic amines is 1. The van der Waals surface area contributed by atoms with Crippen LogP contribution < -0.4 is 4.74 Å². The maximum atomic E-state index is 13.6. The van der Waals surface area contributed by atoms with Crippen molar-refractivity contribution >= 4 is 0 Å². The van der Waals surface area contributed by atoms with Gasteiger partial charge >= 0.3 is 0 Å². The van der Waals surface area contributed by atoms with Crippen LogP contribution in [-0.4, -0.2) is 37.8 Å². The second-order valence-electron chi connectivity index (χ2n) is 6.08. The summed E-state index contributed by atoms with van der Waals surface area (Å²) in [5, 5.41) is 25.0. The van der Waals surface area contributed by atoms with Crippen molar-refractivity contribution in [2.45, 2.75) is 31.5 Å². The van der Waals surface area contributed by atoms with E-state index in [0.29, 0.717) is 30.0 Å². The molecule has 2 heterocycles. The van der Waals surface area contributed by atoms with Crippen molar-refractivity contribution in [2.24, 2.45) is 0 Å². The Balaban J connectivity index is 1.53. The molecule has 0 saturated heterocycles. The normalized spacial score (nSPS) is 19.9. The molecule has 0 amide bonds. The summed E-state index contributed by atoms with van der Waals surface area (Å²) in [4.78, 5) is 0. The number of rotatable bonds is 4. The first kappa shape index (κ1) is 15.6. The molecule has 7 heteroatoms. The minimum atomic E-state index is -0.944. The van der Waals surface area contributed by atoms with E-state index >= 15 is 0 Å². The fraction of sp³-hybridized carbons (Fsp3) is 0.278. The largest absolute Gasteiger partial charge is 0.507 e. The van der Waals surface area contributed by atoms with Gasteiger partial charge in [0.05, 0.1) is 11.9 Å². The fourth-order valence-corrected chi connectivity index (χ4v) is 3.03. The lowest BCUT2D eigenvalue weighted by Gasteiger charge is -2.14. The van der Waals surface area contributed by atoms with Gasteiger partial charge in [-0.1, -0.05) is 6.07 Å². The Morgan fingerprint density at radius 3 is 2.68 bits per heavy atom. The van der Waals surface area contributed by atoms with Crippen LogP contribution in [0.5, 0.6) is 11.6 Å². The van der Waals surface area contributed by atoms with Crippen molar-refractivity contribution in [3.8, 4) is 34.0 Å². The lowest BCUT2D eigenvalue weighted by Crippen LogP contribution is -2.22. The standard InChI is InChI=1S/C18H17FN4O2/c19-14-2-1-3-17(14)25-18-7-6-15(22-23-18)13-5-4-11(8-16(13)24)12-9-20-21-10-12/h4-10,14,17,24H,1-3H2,(H,20,21)/t14-,17+/m1/s1. The number of nitrogens with zero attached hydrogens (tertiary/aromatic N) is 3. The monoisotopic (exact) mass is 340 g/mol. The van der Waals surface area contributed by atoms with Crippen LogP contribution in [0.3, 0.4) is 0 Å². The van der Waals surface area contributed by atoms with Gasteiger partial charge in [0.15, 0.2) is 0 Å². The molecule has 3 aromatic rings. The summed E-state index contributed by atoms with van der Waals surface area (Å²) in [5.41, 5.74) is 2.81. The number of aromatic nitrogens is 4. The van der Waals surface area contributed by atoms with Gasteiger partial charge in [0, 0.05) is 23.4 Å². The molecule has 2 N–H and O–H groups in total. The topological polar surface area (TPSA) is 83.9 Å². The first-order chi connectivity index (χ1) is 12.2. The maximum Gasteiger partial charge on any atom is 0.233 e. The summed E-state index contributed by atoms with van der Waals surface area (Å²) < 4.78 is 19.2. The van der Waals surface area contributed by atoms with E-state index < -0.39 is 12.3 Å². The van der Waals surface area contributed by atoms with Crippen LogP contribution in [0.15, 0.2) is 42.7 Å². The third-order valence-corrected chi connectivity index (χ3v) is 4.39. The van der Waals surface area contributed by atoms with Crippen LogP contribution >= 0.6 is 0 Å². The van der Waals surface area contributed by atoms with Crippen molar-refractivity contribution in [1.82, 2.24) is 20.4 Å². The Kier molecular flexibility index (Phi) is 4.05. The molecule has 2 aromatic heterocycles. The molecule has 6 nitrogen and oxygen atoms in total. The Hall–Kier alpha value is -2.96. The van der Waals surface area contributed by atoms with Gasteiger partial charge in [-0.25, -0.2) is 4.39 Å². The van der Waals surface area contributed by atoms with Gasteiger partial charge in [-0.2, -0.15) is 5.10 Å². The predicted molar refractivity (Wildman–Crippen MR) is 89.9 cm³/mol. The molecule has 0 bridgehead atoms. The molecular weight excluding hydrogens is 323 g/mol. The Morgan fingerprint density at radius 1 is 1.12 bits per heavy atom. The molecule has 0 aliphatic heterocycles. The lowest BCUT2D eigenvalue weighted by molar-refractivity contribution is 0.119. The lowest BCUT2D eigenvalue weighted by atomic mass is 10.0. The van der Waals surface area contributed by atoms with Crippen LogP contribution in [0.2, 0.25) is 0 Å². The molecule has 1 aliphatic rings. The summed E-state index contributed by atoms with van der Waals surface area (Å²) in [7, 11) is 0. The van der Waals surface area contributed by atoms with Crippen molar-refractivity contribution in [1.29, 1.82) is 0 Å². The Labute approximate surface area is 143 Å². The minimum Gasteiger partial charge on any atom is -0.507 e. The van der Waals surface area contributed by atoms with Gasteiger partial charge in [-0.3, -0.25) is 5.10 Å². The second kappa shape index (κ2) is 6.51. The zero-order valence-electron chi connectivity index (χ0n) is 13.4. The highest BCUT2D eigenvalue weighted by atomic mass is 19.1. The van der Waals surface area contributed by atoms with E-state index in [-0.39, 0.29) is 5.75 Å². The zero-order chi connectivity index (χ0) is 17.2. The molecule has 128 valence electrons. The molecule has 1 fully saturated rings. The van der Waals surface area contributed by atoms with Gasteiger partial charge in [-0.15, -0.1) is 10.2 Å². The van der Waals surface area contributed by atoms with Crippen molar-refractivity contribution in [2.75, 3.05) is 0 Å². The van der Waals surface area contributed by atoms with E-state index in [2.05, 4.69) is 20.4 Å². The minimum absolute atomic E-state index is 0.0984. The number of phenols is 1. The molecule has 0 spiro atoms. The van der Waals surface area contributed by atoms with Crippen molar-refractivity contribution in [3.05, 3.63) is 42.7 Å². The van der Waals surface area contributed by atoms with Crippen molar-refractivity contribution < 1.29 is 14.2 Å². The third kappa shape index (κ3) is 3.17. The van der Waals surface area contributed by atoms with Gasteiger partial charge in [0.25, 0.3) is 0 Å². The van der Waals surface area contributed by atoms with E-state index in [4.69, 9.17) is 4.74 Å². The average Bonchev–Trinajstić information content (AvgIpc) is 3.28. The highest BCUT2D eigenvalue weighted by Crippen LogP contribution is 2.32. The van der Waals surface area contributed by atoms with E-state index in [1.807, 2.05) is 6.07 Å². The Morgan fingerprint density at radius 2 is 2.04 bits per heavy atom. The smallest absolute Gasteiger partial charge is 0.233 e. The van der Waals surface area contributed by atoms with E-state index in [0.717, 1.165) is 17.5 Å². The first-order valence-electron chi connectivity index (χ1n) is 8.18. The molecule has 1 aromatic carbocycles. The molecule has 25 heavy (non-hydrogen) atoms. The van der Waals surface area contributed by atoms with E-state index in [1.165, 1.54) is 0 Å². The quantitative estimate of drug-likeness (QED) is 0.759. The number of phenolic OH excluding ortho intramolecular Hbond substituents is 1. The summed E-state index contributed by atoms with van der Waals surface area (Å²) in [6, 6.07) is 8.65. The van der Waals surface area contributed by atoms with Gasteiger partial charge in [-0.05, 0) is 43.0 Å². The number of benzene rings is 1. The summed E-state index contributed by atoms with van der Waals surface area (Å²) in [5.74, 6) is 0.397. The number of H-pyrrole nitrogens is 1. The highest BCUT2D eigenvalue weighted by molar-refractivity contribution is 5.73. The molecule has 4 rings (SSSR count). The SMILES string of the molecule is Oc1cc(-c2cn[nH]c2)ccc1-c1ccc(O[C@H]2CCC[C@H]2F)nn1. The van der Waals surface area contributed by atoms with Crippen molar-refractivity contribution in [3.63, 3.8) is 0 Å². The fourth-order valence-electron chi connectivity index (χ4n) is 3.03. The molecule has 1 aliphatic carbocycles. The van der Waals surface area contributed by atoms with Crippen LogP contribution in [0.25, 0.3) is 22.4 Å².